The Morgan fingerprint density at radius 2 is 0.828 bits per heavy atom. The van der Waals surface area contributed by atoms with Crippen LogP contribution in [0.1, 0.15) is 41.5 Å². The first-order valence-electron chi connectivity index (χ1n) is 26.9. The number of hydrogen-bond acceptors (Lipinski definition) is 33. The summed E-state index contributed by atoms with van der Waals surface area (Å²) in [5.74, 6) is -4.20. The molecule has 30 unspecified atom stereocenters. The van der Waals surface area contributed by atoms with Gasteiger partial charge < -0.3 is 149 Å². The number of carbonyl (C=O) groups is 5. The van der Waals surface area contributed by atoms with Crippen LogP contribution in [0.3, 0.4) is 0 Å². The maximum Gasteiger partial charge on any atom is 1.00 e. The molecule has 496 valence electrons. The van der Waals surface area contributed by atoms with Gasteiger partial charge in [0, 0.05) is 41.7 Å². The van der Waals surface area contributed by atoms with Crippen LogP contribution in [-0.4, -0.2) is 338 Å². The van der Waals surface area contributed by atoms with Gasteiger partial charge in [-0.1, -0.05) is 0 Å². The molecule has 6 aliphatic rings. The molecule has 0 radical (unpaired) electrons. The van der Waals surface area contributed by atoms with Crippen molar-refractivity contribution in [3.8, 4) is 0 Å². The molecule has 0 aliphatic carbocycles. The number of nitrogens with zero attached hydrogens (tertiary/aromatic N) is 1. The van der Waals surface area contributed by atoms with E-state index in [1.165, 1.54) is 14.0 Å². The van der Waals surface area contributed by atoms with Crippen molar-refractivity contribution in [3.05, 3.63) is 0 Å². The van der Waals surface area contributed by atoms with E-state index in [1.807, 2.05) is 0 Å². The number of aliphatic hydroxyl groups excluding tert-OH is 13. The first kappa shape index (κ1) is 75.0. The molecular formula is C47H78N5NaO33S. The summed E-state index contributed by atoms with van der Waals surface area (Å²) in [5, 5.41) is 153. The number of nitrogens with one attached hydrogen (secondary N) is 4. The van der Waals surface area contributed by atoms with Crippen molar-refractivity contribution in [1.29, 1.82) is 0 Å². The SMILES string of the molecule is CC(=O)NC1C(O)OC(COC2OC(C)C(O)C(O)C2O)C(OC2OC(COS(=O)(=O)[O-])C(OC3OC(CO)C(OC4OC(CO)C(OC5OC(CO)C(O)C(O)C5N(C)C(C)=O)C(O)C4NC(C)=O)C(O)C3NC(C)=O)C(O)C2NC(C)=O)C1O.[Na+]. The minimum Gasteiger partial charge on any atom is -0.726 e. The van der Waals surface area contributed by atoms with Crippen LogP contribution in [0.4, 0.5) is 0 Å². The molecule has 87 heavy (non-hydrogen) atoms. The number of aliphatic hydroxyl groups is 13. The van der Waals surface area contributed by atoms with Crippen molar-refractivity contribution >= 4 is 39.9 Å². The molecule has 17 N–H and O–H groups in total. The topological polar surface area (TPSA) is 568 Å². The summed E-state index contributed by atoms with van der Waals surface area (Å²) in [6, 6.07) is -8.88. The van der Waals surface area contributed by atoms with Gasteiger partial charge in [0.05, 0.1) is 39.1 Å². The van der Waals surface area contributed by atoms with Gasteiger partial charge in [0.2, 0.25) is 39.9 Å². The first-order chi connectivity index (χ1) is 40.2. The molecule has 0 bridgehead atoms. The Bertz CT molecular complexity index is 2400. The van der Waals surface area contributed by atoms with Crippen molar-refractivity contribution in [2.24, 2.45) is 0 Å². The van der Waals surface area contributed by atoms with E-state index in [4.69, 9.17) is 52.1 Å². The molecule has 6 rings (SSSR count). The summed E-state index contributed by atoms with van der Waals surface area (Å²) in [4.78, 5) is 64.2. The second-order valence-corrected chi connectivity index (χ2v) is 22.4. The van der Waals surface area contributed by atoms with Gasteiger partial charge in [0.1, 0.15) is 140 Å². The van der Waals surface area contributed by atoms with Crippen LogP contribution in [0.25, 0.3) is 0 Å². The number of rotatable bonds is 22. The minimum absolute atomic E-state index is 0. The molecule has 0 saturated carbocycles. The van der Waals surface area contributed by atoms with E-state index in [0.717, 1.165) is 39.5 Å². The van der Waals surface area contributed by atoms with Crippen molar-refractivity contribution in [1.82, 2.24) is 26.2 Å². The Hall–Kier alpha value is -2.74. The number of amides is 5. The molecule has 0 aromatic carbocycles. The van der Waals surface area contributed by atoms with E-state index in [0.29, 0.717) is 0 Å². The van der Waals surface area contributed by atoms with E-state index < -0.39 is 257 Å². The molecule has 6 fully saturated rings. The molecule has 5 amide bonds. The zero-order valence-electron chi connectivity index (χ0n) is 48.2. The quantitative estimate of drug-likeness (QED) is 0.0272. The van der Waals surface area contributed by atoms with Gasteiger partial charge in [-0.3, -0.25) is 28.2 Å². The van der Waals surface area contributed by atoms with E-state index >= 15 is 0 Å². The Balaban J connectivity index is 0.0000138. The Labute approximate surface area is 518 Å². The largest absolute Gasteiger partial charge is 1.00 e. The molecular weight excluding hydrogens is 1220 g/mol. The van der Waals surface area contributed by atoms with Gasteiger partial charge in [0.25, 0.3) is 0 Å². The average Bonchev–Trinajstić information content (AvgIpc) is 2.48. The van der Waals surface area contributed by atoms with E-state index in [2.05, 4.69) is 25.5 Å². The van der Waals surface area contributed by atoms with Gasteiger partial charge in [-0.05, 0) is 6.92 Å². The van der Waals surface area contributed by atoms with Gasteiger partial charge in [-0.25, -0.2) is 8.42 Å². The first-order valence-corrected chi connectivity index (χ1v) is 28.3. The predicted molar refractivity (Wildman–Crippen MR) is 269 cm³/mol. The Kier molecular flexibility index (Phi) is 27.8. The van der Waals surface area contributed by atoms with E-state index in [-0.39, 0.29) is 29.6 Å². The zero-order chi connectivity index (χ0) is 64.1. The molecule has 0 spiro atoms. The number of carbonyl (C=O) groups excluding carboxylic acids is 5. The minimum atomic E-state index is -5.66. The predicted octanol–water partition coefficient (Wildman–Crippen LogP) is -15.5. The van der Waals surface area contributed by atoms with Crippen LogP contribution >= 0.6 is 0 Å². The summed E-state index contributed by atoms with van der Waals surface area (Å²) >= 11 is 0. The van der Waals surface area contributed by atoms with Gasteiger partial charge in [-0.2, -0.15) is 0 Å². The maximum absolute atomic E-state index is 12.9. The molecule has 6 aliphatic heterocycles. The third-order valence-corrected chi connectivity index (χ3v) is 15.5. The number of ether oxygens (including phenoxy) is 11. The Morgan fingerprint density at radius 3 is 1.23 bits per heavy atom. The van der Waals surface area contributed by atoms with Crippen LogP contribution in [0.2, 0.25) is 0 Å². The summed E-state index contributed by atoms with van der Waals surface area (Å²) < 4.78 is 105. The number of hydrogen-bond donors (Lipinski definition) is 17. The van der Waals surface area contributed by atoms with Crippen LogP contribution in [-0.2, 0) is 90.7 Å². The monoisotopic (exact) mass is 1300 g/mol. The summed E-state index contributed by atoms with van der Waals surface area (Å²) in [5.41, 5.74) is 0. The fourth-order valence-corrected chi connectivity index (χ4v) is 11.0. The second kappa shape index (κ2) is 32.2. The van der Waals surface area contributed by atoms with E-state index in [9.17, 15) is 103 Å². The van der Waals surface area contributed by atoms with Gasteiger partial charge in [0.15, 0.2) is 37.7 Å². The van der Waals surface area contributed by atoms with Crippen LogP contribution in [0.15, 0.2) is 0 Å². The molecule has 6 heterocycles. The third kappa shape index (κ3) is 18.1. The second-order valence-electron chi connectivity index (χ2n) is 21.4. The maximum atomic E-state index is 12.9. The molecule has 40 heteroatoms. The van der Waals surface area contributed by atoms with Crippen LogP contribution in [0.5, 0.6) is 0 Å². The third-order valence-electron chi connectivity index (χ3n) is 15.1. The van der Waals surface area contributed by atoms with Crippen molar-refractivity contribution < 1.29 is 189 Å². The Morgan fingerprint density at radius 1 is 0.460 bits per heavy atom. The molecule has 0 aromatic heterocycles. The molecule has 6 saturated heterocycles. The standard InChI is InChI=1S/C47H79N5O33S.Na/c1-13-29(61)36(68)37(69)47(76-13)74-11-22-40(31(63)24(42(70)77-22)48-14(2)56)83-45-27(51-17(5)59)34(66)41(23(81-45)12-75-86(71,72)73)84-44-25(49-15(3)57)32(64)38(20(9-54)79-44)82-43-26(50-16(4)58)33(65)39(21(10-55)80-43)85-46-28(52(7)18(6)60)35(67)30(62)19(8-53)78-46;/h13,19-47,53-55,61-70H,8-12H2,1-7H3,(H,48,56)(H,49,57)(H,50,58)(H,51,59)(H,71,72,73);/q;+1/p-1. The smallest absolute Gasteiger partial charge is 0.726 e. The van der Waals surface area contributed by atoms with Crippen molar-refractivity contribution in [2.45, 2.75) is 225 Å². The van der Waals surface area contributed by atoms with Crippen LogP contribution < -0.4 is 50.8 Å². The van der Waals surface area contributed by atoms with Crippen LogP contribution in [0, 0.1) is 0 Å². The molecule has 0 aromatic rings. The van der Waals surface area contributed by atoms with Crippen molar-refractivity contribution in [2.75, 3.05) is 40.1 Å². The van der Waals surface area contributed by atoms with Gasteiger partial charge in [-0.15, -0.1) is 0 Å². The zero-order valence-corrected chi connectivity index (χ0v) is 51.0. The molecule has 38 nitrogen and oxygen atoms in total. The van der Waals surface area contributed by atoms with Crippen molar-refractivity contribution in [3.63, 3.8) is 0 Å². The number of likely N-dealkylation sites (N-methyl/N-ethyl adjacent to an activating group) is 1. The summed E-state index contributed by atoms with van der Waals surface area (Å²) in [7, 11) is -4.45. The fraction of sp³-hybridized carbons (Fsp3) is 0.894. The average molecular weight is 1300 g/mol. The summed E-state index contributed by atoms with van der Waals surface area (Å²) in [6.07, 6.45) is -46.9. The summed E-state index contributed by atoms with van der Waals surface area (Å²) in [6.45, 7) is 1.11. The normalized spacial score (nSPS) is 43.5. The molecule has 30 atom stereocenters. The fourth-order valence-electron chi connectivity index (χ4n) is 10.7. The van der Waals surface area contributed by atoms with Gasteiger partial charge >= 0.3 is 29.6 Å². The van der Waals surface area contributed by atoms with E-state index in [1.54, 1.807) is 0 Å².